The number of nitrogens with one attached hydrogen (secondary N) is 1. The number of aromatic nitrogens is 3. The van der Waals surface area contributed by atoms with Crippen LogP contribution in [0.25, 0.3) is 0 Å². The number of thioether (sulfide) groups is 1. The van der Waals surface area contributed by atoms with Crippen LogP contribution >= 0.6 is 34.7 Å². The van der Waals surface area contributed by atoms with Crippen LogP contribution in [0.1, 0.15) is 16.3 Å². The van der Waals surface area contributed by atoms with Gasteiger partial charge in [0, 0.05) is 28.6 Å². The number of amides is 1. The molecule has 5 nitrogen and oxygen atoms in total. The number of benzene rings is 1. The molecule has 0 aliphatic rings. The van der Waals surface area contributed by atoms with Crippen LogP contribution in [0.15, 0.2) is 53.5 Å². The molecule has 8 heteroatoms. The van der Waals surface area contributed by atoms with Crippen molar-refractivity contribution in [1.29, 1.82) is 0 Å². The van der Waals surface area contributed by atoms with E-state index in [4.69, 9.17) is 11.6 Å². The fraction of sp³-hybridized carbons (Fsp3) is 0.211. The summed E-state index contributed by atoms with van der Waals surface area (Å²) in [6.07, 6.45) is 2.53. The number of aryl methyl sites for hydroxylation is 1. The van der Waals surface area contributed by atoms with Crippen molar-refractivity contribution in [1.82, 2.24) is 14.8 Å². The lowest BCUT2D eigenvalue weighted by atomic mass is 10.2. The normalized spacial score (nSPS) is 10.7. The Bertz CT molecular complexity index is 937. The topological polar surface area (TPSA) is 59.8 Å². The Morgan fingerprint density at radius 2 is 2.26 bits per heavy atom. The minimum absolute atomic E-state index is 0.0987. The van der Waals surface area contributed by atoms with Crippen LogP contribution in [-0.2, 0) is 17.8 Å². The Balaban J connectivity index is 1.65. The fourth-order valence-electron chi connectivity index (χ4n) is 2.52. The molecule has 2 aromatic heterocycles. The van der Waals surface area contributed by atoms with E-state index in [1.807, 2.05) is 35.1 Å². The molecule has 0 radical (unpaired) electrons. The minimum Gasteiger partial charge on any atom is -0.325 e. The van der Waals surface area contributed by atoms with E-state index in [1.54, 1.807) is 23.5 Å². The predicted molar refractivity (Wildman–Crippen MR) is 113 cm³/mol. The zero-order valence-corrected chi connectivity index (χ0v) is 17.2. The monoisotopic (exact) mass is 418 g/mol. The second-order valence-corrected chi connectivity index (χ2v) is 8.26. The van der Waals surface area contributed by atoms with Gasteiger partial charge in [-0.1, -0.05) is 35.5 Å². The average molecular weight is 419 g/mol. The number of carbonyl (C=O) groups is 1. The van der Waals surface area contributed by atoms with E-state index in [0.29, 0.717) is 16.7 Å². The van der Waals surface area contributed by atoms with Gasteiger partial charge in [-0.05, 0) is 42.1 Å². The molecule has 140 valence electrons. The SMILES string of the molecule is C=CCn1c(Cc2cccs2)nnc1SCC(=O)Nc1ccc(Cl)cc1C. The summed E-state index contributed by atoms with van der Waals surface area (Å²) in [5.41, 5.74) is 1.69. The number of hydrogen-bond donors (Lipinski definition) is 1. The quantitative estimate of drug-likeness (QED) is 0.421. The minimum atomic E-state index is -0.0987. The zero-order chi connectivity index (χ0) is 19.2. The molecule has 27 heavy (non-hydrogen) atoms. The lowest BCUT2D eigenvalue weighted by molar-refractivity contribution is -0.113. The van der Waals surface area contributed by atoms with Crippen molar-refractivity contribution in [2.24, 2.45) is 0 Å². The summed E-state index contributed by atoms with van der Waals surface area (Å²) < 4.78 is 2.00. The lowest BCUT2D eigenvalue weighted by Gasteiger charge is -2.09. The standard InChI is InChI=1S/C19H19ClN4OS2/c1-3-8-24-17(11-15-5-4-9-26-15)22-23-19(24)27-12-18(25)21-16-7-6-14(20)10-13(16)2/h3-7,9-10H,1,8,11-12H2,2H3,(H,21,25). The molecular weight excluding hydrogens is 400 g/mol. The molecular formula is C19H19ClN4OS2. The van der Waals surface area contributed by atoms with Gasteiger partial charge in [-0.25, -0.2) is 0 Å². The third-order valence-electron chi connectivity index (χ3n) is 3.81. The van der Waals surface area contributed by atoms with Gasteiger partial charge in [-0.15, -0.1) is 28.1 Å². The molecule has 1 amide bonds. The van der Waals surface area contributed by atoms with Crippen LogP contribution in [0.3, 0.4) is 0 Å². The smallest absolute Gasteiger partial charge is 0.234 e. The van der Waals surface area contributed by atoms with Crippen LogP contribution in [0.4, 0.5) is 5.69 Å². The highest BCUT2D eigenvalue weighted by Crippen LogP contribution is 2.22. The Morgan fingerprint density at radius 3 is 2.96 bits per heavy atom. The zero-order valence-electron chi connectivity index (χ0n) is 14.8. The van der Waals surface area contributed by atoms with Crippen LogP contribution in [0, 0.1) is 6.92 Å². The average Bonchev–Trinajstić information content (AvgIpc) is 3.27. The number of allylic oxidation sites excluding steroid dienone is 1. The largest absolute Gasteiger partial charge is 0.325 e. The molecule has 0 saturated carbocycles. The Kier molecular flexibility index (Phi) is 6.71. The van der Waals surface area contributed by atoms with Crippen molar-refractivity contribution in [3.8, 4) is 0 Å². The van der Waals surface area contributed by atoms with E-state index in [9.17, 15) is 4.79 Å². The first-order valence-corrected chi connectivity index (χ1v) is 10.6. The number of halogens is 1. The maximum absolute atomic E-state index is 12.3. The van der Waals surface area contributed by atoms with Crippen LogP contribution in [-0.4, -0.2) is 26.4 Å². The Labute approximate surface area is 171 Å². The number of nitrogens with zero attached hydrogens (tertiary/aromatic N) is 3. The summed E-state index contributed by atoms with van der Waals surface area (Å²) in [5.74, 6) is 1.02. The molecule has 0 spiro atoms. The van der Waals surface area contributed by atoms with E-state index in [1.165, 1.54) is 16.6 Å². The first kappa shape index (κ1) is 19.7. The second kappa shape index (κ2) is 9.21. The Hall–Kier alpha value is -2.09. The summed E-state index contributed by atoms with van der Waals surface area (Å²) >= 11 is 9.00. The predicted octanol–water partition coefficient (Wildman–Crippen LogP) is 4.81. The van der Waals surface area contributed by atoms with E-state index >= 15 is 0 Å². The molecule has 1 aromatic carbocycles. The van der Waals surface area contributed by atoms with Crippen molar-refractivity contribution in [3.05, 3.63) is 69.7 Å². The molecule has 0 fully saturated rings. The number of anilines is 1. The number of thiophene rings is 1. The summed E-state index contributed by atoms with van der Waals surface area (Å²) in [6, 6.07) is 9.48. The van der Waals surface area contributed by atoms with E-state index in [0.717, 1.165) is 23.5 Å². The molecule has 0 aliphatic heterocycles. The molecule has 2 heterocycles. The van der Waals surface area contributed by atoms with Gasteiger partial charge in [0.25, 0.3) is 0 Å². The van der Waals surface area contributed by atoms with Crippen molar-refractivity contribution in [2.45, 2.75) is 25.0 Å². The molecule has 0 unspecified atom stereocenters. The summed E-state index contributed by atoms with van der Waals surface area (Å²) in [6.45, 7) is 6.32. The maximum atomic E-state index is 12.3. The molecule has 3 aromatic rings. The van der Waals surface area contributed by atoms with Gasteiger partial charge in [0.15, 0.2) is 5.16 Å². The number of rotatable bonds is 8. The molecule has 0 aliphatic carbocycles. The molecule has 0 bridgehead atoms. The van der Waals surface area contributed by atoms with E-state index in [-0.39, 0.29) is 11.7 Å². The van der Waals surface area contributed by atoms with Crippen molar-refractivity contribution in [3.63, 3.8) is 0 Å². The fourth-order valence-corrected chi connectivity index (χ4v) is 4.22. The highest BCUT2D eigenvalue weighted by Gasteiger charge is 2.14. The van der Waals surface area contributed by atoms with Crippen LogP contribution in [0.2, 0.25) is 5.02 Å². The molecule has 0 saturated heterocycles. The molecule has 1 N–H and O–H groups in total. The van der Waals surface area contributed by atoms with Crippen molar-refractivity contribution in [2.75, 3.05) is 11.1 Å². The van der Waals surface area contributed by atoms with Gasteiger partial charge in [0.05, 0.1) is 5.75 Å². The molecule has 0 atom stereocenters. The van der Waals surface area contributed by atoms with E-state index < -0.39 is 0 Å². The van der Waals surface area contributed by atoms with Crippen LogP contribution in [0.5, 0.6) is 0 Å². The third kappa shape index (κ3) is 5.22. The molecule has 3 rings (SSSR count). The summed E-state index contributed by atoms with van der Waals surface area (Å²) in [7, 11) is 0. The summed E-state index contributed by atoms with van der Waals surface area (Å²) in [4.78, 5) is 13.5. The third-order valence-corrected chi connectivity index (χ3v) is 5.89. The number of hydrogen-bond acceptors (Lipinski definition) is 5. The summed E-state index contributed by atoms with van der Waals surface area (Å²) in [5, 5.41) is 14.9. The van der Waals surface area contributed by atoms with Gasteiger partial charge in [-0.2, -0.15) is 0 Å². The van der Waals surface area contributed by atoms with Gasteiger partial charge < -0.3 is 9.88 Å². The second-order valence-electron chi connectivity index (χ2n) is 5.85. The number of carbonyl (C=O) groups excluding carboxylic acids is 1. The van der Waals surface area contributed by atoms with Crippen LogP contribution < -0.4 is 5.32 Å². The van der Waals surface area contributed by atoms with E-state index in [2.05, 4.69) is 28.2 Å². The van der Waals surface area contributed by atoms with Gasteiger partial charge in [-0.3, -0.25) is 4.79 Å². The highest BCUT2D eigenvalue weighted by atomic mass is 35.5. The van der Waals surface area contributed by atoms with Gasteiger partial charge in [0.1, 0.15) is 5.82 Å². The Morgan fingerprint density at radius 1 is 1.41 bits per heavy atom. The van der Waals surface area contributed by atoms with Crippen molar-refractivity contribution < 1.29 is 4.79 Å². The highest BCUT2D eigenvalue weighted by molar-refractivity contribution is 7.99. The van der Waals surface area contributed by atoms with Gasteiger partial charge in [0.2, 0.25) is 5.91 Å². The first-order valence-electron chi connectivity index (χ1n) is 8.31. The maximum Gasteiger partial charge on any atom is 0.234 e. The van der Waals surface area contributed by atoms with Gasteiger partial charge >= 0.3 is 0 Å². The first-order chi connectivity index (χ1) is 13.1. The van der Waals surface area contributed by atoms with Crippen molar-refractivity contribution >= 4 is 46.3 Å². The lowest BCUT2D eigenvalue weighted by Crippen LogP contribution is -2.15.